The van der Waals surface area contributed by atoms with Crippen LogP contribution in [-0.4, -0.2) is 34.3 Å². The van der Waals surface area contributed by atoms with Crippen LogP contribution < -0.4 is 20.5 Å². The number of hydrazone groups is 1. The SMILES string of the molecule is CCOc1cc(/C=N\Nc2nc(C(C)C)cc(=O)[nH]2)cc([N+](=O)[O-])c1OCC. The number of ether oxygens (including phenoxy) is 2. The van der Waals surface area contributed by atoms with Gasteiger partial charge in [-0.25, -0.2) is 10.4 Å². The molecule has 0 fully saturated rings. The number of hydrogen-bond acceptors (Lipinski definition) is 8. The Hall–Kier alpha value is -3.43. The van der Waals surface area contributed by atoms with E-state index in [0.717, 1.165) is 0 Å². The van der Waals surface area contributed by atoms with Crippen molar-refractivity contribution in [3.63, 3.8) is 0 Å². The molecule has 10 nitrogen and oxygen atoms in total. The van der Waals surface area contributed by atoms with Crippen LogP contribution in [0.1, 0.15) is 44.9 Å². The molecule has 2 rings (SSSR count). The van der Waals surface area contributed by atoms with Gasteiger partial charge in [-0.15, -0.1) is 0 Å². The predicted molar refractivity (Wildman–Crippen MR) is 106 cm³/mol. The lowest BCUT2D eigenvalue weighted by Gasteiger charge is -2.11. The molecule has 0 unspecified atom stereocenters. The summed E-state index contributed by atoms with van der Waals surface area (Å²) in [5.41, 5.74) is 3.16. The molecule has 150 valence electrons. The van der Waals surface area contributed by atoms with Gasteiger partial charge in [0.2, 0.25) is 11.7 Å². The van der Waals surface area contributed by atoms with Gasteiger partial charge in [-0.2, -0.15) is 5.10 Å². The average molecular weight is 389 g/mol. The molecule has 1 aromatic carbocycles. The maximum atomic E-state index is 11.7. The first-order valence-electron chi connectivity index (χ1n) is 8.84. The van der Waals surface area contributed by atoms with Crippen molar-refractivity contribution < 1.29 is 14.4 Å². The third-order valence-corrected chi connectivity index (χ3v) is 3.58. The van der Waals surface area contributed by atoms with Crippen molar-refractivity contribution in [2.24, 2.45) is 5.10 Å². The van der Waals surface area contributed by atoms with E-state index in [9.17, 15) is 14.9 Å². The van der Waals surface area contributed by atoms with Gasteiger partial charge in [-0.05, 0) is 25.8 Å². The van der Waals surface area contributed by atoms with Crippen LogP contribution in [0.5, 0.6) is 11.5 Å². The Balaban J connectivity index is 2.32. The first-order valence-corrected chi connectivity index (χ1v) is 8.84. The van der Waals surface area contributed by atoms with Gasteiger partial charge >= 0.3 is 5.69 Å². The van der Waals surface area contributed by atoms with E-state index in [0.29, 0.717) is 17.9 Å². The number of aromatic amines is 1. The van der Waals surface area contributed by atoms with Crippen LogP contribution in [0.3, 0.4) is 0 Å². The van der Waals surface area contributed by atoms with Gasteiger partial charge in [0.25, 0.3) is 5.56 Å². The summed E-state index contributed by atoms with van der Waals surface area (Å²) in [6, 6.07) is 4.34. The molecule has 1 heterocycles. The Morgan fingerprint density at radius 2 is 2.00 bits per heavy atom. The molecule has 0 saturated carbocycles. The molecular formula is C18H23N5O5. The van der Waals surface area contributed by atoms with E-state index in [2.05, 4.69) is 20.5 Å². The molecule has 0 aliphatic heterocycles. The fourth-order valence-corrected chi connectivity index (χ4v) is 2.36. The summed E-state index contributed by atoms with van der Waals surface area (Å²) in [5, 5.41) is 15.4. The molecule has 2 N–H and O–H groups in total. The molecule has 1 aromatic heterocycles. The van der Waals surface area contributed by atoms with Crippen LogP contribution in [0.25, 0.3) is 0 Å². The normalized spacial score (nSPS) is 11.0. The second-order valence-corrected chi connectivity index (χ2v) is 6.03. The van der Waals surface area contributed by atoms with Gasteiger partial charge in [-0.3, -0.25) is 19.9 Å². The number of nitrogens with one attached hydrogen (secondary N) is 2. The van der Waals surface area contributed by atoms with Crippen LogP contribution >= 0.6 is 0 Å². The number of benzene rings is 1. The second-order valence-electron chi connectivity index (χ2n) is 6.03. The summed E-state index contributed by atoms with van der Waals surface area (Å²) in [5.74, 6) is 0.593. The zero-order valence-corrected chi connectivity index (χ0v) is 16.2. The molecule has 0 amide bonds. The topological polar surface area (TPSA) is 132 Å². The molecule has 0 atom stereocenters. The minimum atomic E-state index is -0.538. The summed E-state index contributed by atoms with van der Waals surface area (Å²) in [4.78, 5) is 29.3. The maximum absolute atomic E-state index is 11.7. The molecule has 10 heteroatoms. The highest BCUT2D eigenvalue weighted by Gasteiger charge is 2.22. The van der Waals surface area contributed by atoms with Crippen molar-refractivity contribution in [1.82, 2.24) is 9.97 Å². The van der Waals surface area contributed by atoms with E-state index in [-0.39, 0.29) is 41.2 Å². The number of H-pyrrole nitrogens is 1. The molecule has 2 aromatic rings. The molecule has 28 heavy (non-hydrogen) atoms. The second kappa shape index (κ2) is 9.49. The number of hydrogen-bond donors (Lipinski definition) is 2. The van der Waals surface area contributed by atoms with Crippen molar-refractivity contribution in [2.45, 2.75) is 33.6 Å². The van der Waals surface area contributed by atoms with Crippen molar-refractivity contribution >= 4 is 17.9 Å². The quantitative estimate of drug-likeness (QED) is 0.383. The third kappa shape index (κ3) is 5.29. The fourth-order valence-electron chi connectivity index (χ4n) is 2.36. The van der Waals surface area contributed by atoms with Crippen molar-refractivity contribution in [2.75, 3.05) is 18.6 Å². The van der Waals surface area contributed by atoms with Crippen LogP contribution in [0, 0.1) is 10.1 Å². The van der Waals surface area contributed by atoms with E-state index in [1.807, 2.05) is 13.8 Å². The largest absolute Gasteiger partial charge is 0.490 e. The van der Waals surface area contributed by atoms with E-state index in [1.165, 1.54) is 18.3 Å². The zero-order chi connectivity index (χ0) is 20.7. The Kier molecular flexibility index (Phi) is 7.08. The van der Waals surface area contributed by atoms with Crippen molar-refractivity contribution in [1.29, 1.82) is 0 Å². The lowest BCUT2D eigenvalue weighted by atomic mass is 10.1. The Morgan fingerprint density at radius 3 is 2.61 bits per heavy atom. The van der Waals surface area contributed by atoms with Crippen LogP contribution in [0.2, 0.25) is 0 Å². The summed E-state index contributed by atoms with van der Waals surface area (Å²) in [6.45, 7) is 7.93. The number of nitro groups is 1. The molecule has 0 aliphatic carbocycles. The van der Waals surface area contributed by atoms with Gasteiger partial charge in [0.1, 0.15) is 0 Å². The van der Waals surface area contributed by atoms with Gasteiger partial charge in [0.15, 0.2) is 5.75 Å². The Bertz CT molecular complexity index is 923. The highest BCUT2D eigenvalue weighted by atomic mass is 16.6. The highest BCUT2D eigenvalue weighted by molar-refractivity contribution is 5.83. The maximum Gasteiger partial charge on any atom is 0.315 e. The molecule has 0 saturated heterocycles. The third-order valence-electron chi connectivity index (χ3n) is 3.58. The smallest absolute Gasteiger partial charge is 0.315 e. The van der Waals surface area contributed by atoms with Crippen molar-refractivity contribution in [3.05, 3.63) is 49.9 Å². The molecule has 0 aliphatic rings. The van der Waals surface area contributed by atoms with Crippen LogP contribution in [0.15, 0.2) is 28.1 Å². The van der Waals surface area contributed by atoms with Gasteiger partial charge in [0.05, 0.1) is 30.0 Å². The number of aromatic nitrogens is 2. The van der Waals surface area contributed by atoms with Crippen LogP contribution in [0.4, 0.5) is 11.6 Å². The lowest BCUT2D eigenvalue weighted by Crippen LogP contribution is -2.12. The summed E-state index contributed by atoms with van der Waals surface area (Å²) < 4.78 is 10.9. The zero-order valence-electron chi connectivity index (χ0n) is 16.2. The number of anilines is 1. The van der Waals surface area contributed by atoms with E-state index < -0.39 is 4.92 Å². The summed E-state index contributed by atoms with van der Waals surface area (Å²) in [7, 11) is 0. The monoisotopic (exact) mass is 389 g/mol. The van der Waals surface area contributed by atoms with Gasteiger partial charge < -0.3 is 9.47 Å². The highest BCUT2D eigenvalue weighted by Crippen LogP contribution is 2.38. The molecule has 0 spiro atoms. The Labute approximate surface area is 161 Å². The first kappa shape index (κ1) is 20.9. The standard InChI is InChI=1S/C18H23N5O5/c1-5-27-15-8-12(7-14(23(25)26)17(15)28-6-2)10-19-22-18-20-13(11(3)4)9-16(24)21-18/h7-11H,5-6H2,1-4H3,(H2,20,21,22,24)/b19-10-. The van der Waals surface area contributed by atoms with Crippen molar-refractivity contribution in [3.8, 4) is 11.5 Å². The van der Waals surface area contributed by atoms with Crippen LogP contribution in [-0.2, 0) is 0 Å². The predicted octanol–water partition coefficient (Wildman–Crippen LogP) is 3.04. The average Bonchev–Trinajstić information content (AvgIpc) is 2.63. The molecule has 0 radical (unpaired) electrons. The first-order chi connectivity index (χ1) is 13.3. The summed E-state index contributed by atoms with van der Waals surface area (Å²) in [6.07, 6.45) is 1.37. The number of rotatable bonds is 9. The Morgan fingerprint density at radius 1 is 1.29 bits per heavy atom. The minimum absolute atomic E-state index is 0.0781. The minimum Gasteiger partial charge on any atom is -0.490 e. The lowest BCUT2D eigenvalue weighted by molar-refractivity contribution is -0.385. The van der Waals surface area contributed by atoms with Gasteiger partial charge in [0, 0.05) is 17.7 Å². The summed E-state index contributed by atoms with van der Waals surface area (Å²) >= 11 is 0. The number of nitro benzene ring substituents is 1. The molecular weight excluding hydrogens is 366 g/mol. The van der Waals surface area contributed by atoms with E-state index >= 15 is 0 Å². The number of nitrogens with zero attached hydrogens (tertiary/aromatic N) is 3. The molecule has 0 bridgehead atoms. The van der Waals surface area contributed by atoms with E-state index in [1.54, 1.807) is 19.9 Å². The van der Waals surface area contributed by atoms with E-state index in [4.69, 9.17) is 9.47 Å². The fraction of sp³-hybridized carbons (Fsp3) is 0.389. The van der Waals surface area contributed by atoms with Gasteiger partial charge in [-0.1, -0.05) is 13.8 Å².